The normalized spacial score (nSPS) is 12.1. The number of ether oxygens (including phenoxy) is 2. The van der Waals surface area contributed by atoms with Gasteiger partial charge in [0.1, 0.15) is 0 Å². The van der Waals surface area contributed by atoms with Crippen LogP contribution in [-0.4, -0.2) is 30.1 Å². The molecule has 1 unspecified atom stereocenters. The number of hydrogen-bond acceptors (Lipinski definition) is 4. The van der Waals surface area contributed by atoms with E-state index in [1.165, 1.54) is 0 Å². The van der Waals surface area contributed by atoms with Crippen molar-refractivity contribution >= 4 is 22.8 Å². The molecule has 2 rings (SSSR count). The maximum Gasteiger partial charge on any atom is 0.306 e. The van der Waals surface area contributed by atoms with Gasteiger partial charge >= 0.3 is 11.9 Å². The molecule has 0 amide bonds. The Hall–Kier alpha value is -2.30. The minimum Gasteiger partial charge on any atom is -0.466 e. The number of benzene rings is 1. The molecule has 0 saturated heterocycles. The SMILES string of the molecule is CCOC(=O)CCC(CC(=O)OCC)c1cc2ccccc2[nH]1. The smallest absolute Gasteiger partial charge is 0.306 e. The van der Waals surface area contributed by atoms with Crippen LogP contribution >= 0.6 is 0 Å². The van der Waals surface area contributed by atoms with Crippen LogP contribution in [0.3, 0.4) is 0 Å². The molecule has 124 valence electrons. The van der Waals surface area contributed by atoms with Crippen molar-refractivity contribution in [3.8, 4) is 0 Å². The number of carbonyl (C=O) groups is 2. The van der Waals surface area contributed by atoms with Crippen LogP contribution in [0.5, 0.6) is 0 Å². The Kier molecular flexibility index (Phi) is 6.20. The molecule has 0 spiro atoms. The van der Waals surface area contributed by atoms with E-state index >= 15 is 0 Å². The minimum atomic E-state index is -0.250. The largest absolute Gasteiger partial charge is 0.466 e. The molecule has 0 bridgehead atoms. The van der Waals surface area contributed by atoms with E-state index in [0.29, 0.717) is 19.6 Å². The maximum absolute atomic E-state index is 11.9. The van der Waals surface area contributed by atoms with E-state index < -0.39 is 0 Å². The molecule has 1 atom stereocenters. The number of esters is 2. The third kappa shape index (κ3) is 4.84. The zero-order valence-corrected chi connectivity index (χ0v) is 13.6. The summed E-state index contributed by atoms with van der Waals surface area (Å²) >= 11 is 0. The van der Waals surface area contributed by atoms with E-state index in [1.54, 1.807) is 13.8 Å². The Labute approximate surface area is 136 Å². The quantitative estimate of drug-likeness (QED) is 0.756. The van der Waals surface area contributed by atoms with Crippen LogP contribution in [-0.2, 0) is 19.1 Å². The number of aromatic amines is 1. The topological polar surface area (TPSA) is 68.4 Å². The molecule has 0 aliphatic carbocycles. The average Bonchev–Trinajstić information content (AvgIpc) is 2.95. The van der Waals surface area contributed by atoms with Crippen LogP contribution in [0.2, 0.25) is 0 Å². The minimum absolute atomic E-state index is 0.0918. The van der Waals surface area contributed by atoms with E-state index in [-0.39, 0.29) is 30.7 Å². The summed E-state index contributed by atoms with van der Waals surface area (Å²) in [5, 5.41) is 1.09. The van der Waals surface area contributed by atoms with Gasteiger partial charge < -0.3 is 14.5 Å². The van der Waals surface area contributed by atoms with Gasteiger partial charge in [0.05, 0.1) is 19.6 Å². The first-order chi connectivity index (χ1) is 11.1. The zero-order chi connectivity index (χ0) is 16.7. The lowest BCUT2D eigenvalue weighted by atomic mass is 9.95. The third-order valence-electron chi connectivity index (χ3n) is 3.71. The van der Waals surface area contributed by atoms with Crippen molar-refractivity contribution in [1.29, 1.82) is 0 Å². The molecule has 0 saturated carbocycles. The molecule has 5 nitrogen and oxygen atoms in total. The second kappa shape index (κ2) is 8.36. The van der Waals surface area contributed by atoms with Crippen molar-refractivity contribution < 1.29 is 19.1 Å². The van der Waals surface area contributed by atoms with Gasteiger partial charge in [-0.1, -0.05) is 18.2 Å². The lowest BCUT2D eigenvalue weighted by Gasteiger charge is -2.14. The van der Waals surface area contributed by atoms with Crippen molar-refractivity contribution in [1.82, 2.24) is 4.98 Å². The standard InChI is InChI=1S/C18H23NO4/c1-3-22-17(20)10-9-14(12-18(21)23-4-2)16-11-13-7-5-6-8-15(13)19-16/h5-8,11,14,19H,3-4,9-10,12H2,1-2H3. The van der Waals surface area contributed by atoms with Crippen LogP contribution in [0.1, 0.15) is 44.7 Å². The summed E-state index contributed by atoms with van der Waals surface area (Å²) in [5.41, 5.74) is 1.97. The molecular formula is C18H23NO4. The van der Waals surface area contributed by atoms with Crippen molar-refractivity contribution in [2.45, 2.75) is 39.0 Å². The van der Waals surface area contributed by atoms with Crippen LogP contribution < -0.4 is 0 Å². The summed E-state index contributed by atoms with van der Waals surface area (Å²) in [6.45, 7) is 4.30. The third-order valence-corrected chi connectivity index (χ3v) is 3.71. The van der Waals surface area contributed by atoms with Gasteiger partial charge in [-0.25, -0.2) is 0 Å². The van der Waals surface area contributed by atoms with E-state index in [4.69, 9.17) is 9.47 Å². The Morgan fingerprint density at radius 1 is 1.09 bits per heavy atom. The molecule has 5 heteroatoms. The van der Waals surface area contributed by atoms with Crippen LogP contribution in [0, 0.1) is 0 Å². The van der Waals surface area contributed by atoms with Gasteiger partial charge in [0.25, 0.3) is 0 Å². The van der Waals surface area contributed by atoms with Gasteiger partial charge in [-0.15, -0.1) is 0 Å². The molecule has 0 fully saturated rings. The van der Waals surface area contributed by atoms with Gasteiger partial charge in [-0.3, -0.25) is 9.59 Å². The first-order valence-corrected chi connectivity index (χ1v) is 8.03. The summed E-state index contributed by atoms with van der Waals surface area (Å²) in [6.07, 6.45) is 1.08. The summed E-state index contributed by atoms with van der Waals surface area (Å²) in [6, 6.07) is 9.97. The molecule has 0 radical (unpaired) electrons. The zero-order valence-electron chi connectivity index (χ0n) is 13.6. The lowest BCUT2D eigenvalue weighted by molar-refractivity contribution is -0.145. The van der Waals surface area contributed by atoms with Crippen molar-refractivity contribution in [2.75, 3.05) is 13.2 Å². The highest BCUT2D eigenvalue weighted by Crippen LogP contribution is 2.28. The van der Waals surface area contributed by atoms with E-state index in [1.807, 2.05) is 30.3 Å². The molecular weight excluding hydrogens is 294 g/mol. The Balaban J connectivity index is 2.14. The number of aromatic nitrogens is 1. The highest BCUT2D eigenvalue weighted by molar-refractivity contribution is 5.81. The van der Waals surface area contributed by atoms with Crippen LogP contribution in [0.4, 0.5) is 0 Å². The molecule has 23 heavy (non-hydrogen) atoms. The molecule has 1 heterocycles. The van der Waals surface area contributed by atoms with Crippen molar-refractivity contribution in [2.24, 2.45) is 0 Å². The van der Waals surface area contributed by atoms with Gasteiger partial charge in [-0.2, -0.15) is 0 Å². The molecule has 1 N–H and O–H groups in total. The Morgan fingerprint density at radius 2 is 1.78 bits per heavy atom. The monoisotopic (exact) mass is 317 g/mol. The first-order valence-electron chi connectivity index (χ1n) is 8.03. The lowest BCUT2D eigenvalue weighted by Crippen LogP contribution is -2.13. The van der Waals surface area contributed by atoms with Gasteiger partial charge in [0.2, 0.25) is 0 Å². The highest BCUT2D eigenvalue weighted by atomic mass is 16.5. The Bertz CT molecular complexity index is 629. The fourth-order valence-corrected chi connectivity index (χ4v) is 2.63. The van der Waals surface area contributed by atoms with Crippen LogP contribution in [0.25, 0.3) is 10.9 Å². The summed E-state index contributed by atoms with van der Waals surface area (Å²) < 4.78 is 10.0. The summed E-state index contributed by atoms with van der Waals surface area (Å²) in [4.78, 5) is 26.8. The van der Waals surface area contributed by atoms with Gasteiger partial charge in [0.15, 0.2) is 0 Å². The van der Waals surface area contributed by atoms with Crippen LogP contribution in [0.15, 0.2) is 30.3 Å². The predicted octanol–water partition coefficient (Wildman–Crippen LogP) is 3.55. The highest BCUT2D eigenvalue weighted by Gasteiger charge is 2.20. The molecule has 2 aromatic rings. The van der Waals surface area contributed by atoms with Crippen molar-refractivity contribution in [3.05, 3.63) is 36.0 Å². The second-order valence-corrected chi connectivity index (χ2v) is 5.36. The van der Waals surface area contributed by atoms with Crippen molar-refractivity contribution in [3.63, 3.8) is 0 Å². The number of rotatable bonds is 8. The molecule has 0 aliphatic rings. The van der Waals surface area contributed by atoms with E-state index in [9.17, 15) is 9.59 Å². The van der Waals surface area contributed by atoms with E-state index in [0.717, 1.165) is 16.6 Å². The number of hydrogen-bond donors (Lipinski definition) is 1. The van der Waals surface area contributed by atoms with Gasteiger partial charge in [-0.05, 0) is 37.8 Å². The maximum atomic E-state index is 11.9. The summed E-state index contributed by atoms with van der Waals surface area (Å²) in [7, 11) is 0. The first kappa shape index (κ1) is 17.1. The molecule has 1 aromatic heterocycles. The van der Waals surface area contributed by atoms with E-state index in [2.05, 4.69) is 4.98 Å². The number of nitrogens with one attached hydrogen (secondary N) is 1. The molecule has 1 aromatic carbocycles. The Morgan fingerprint density at radius 3 is 2.48 bits per heavy atom. The number of para-hydroxylation sites is 1. The number of carbonyl (C=O) groups excluding carboxylic acids is 2. The molecule has 0 aliphatic heterocycles. The summed E-state index contributed by atoms with van der Waals surface area (Å²) in [5.74, 6) is -0.580. The predicted molar refractivity (Wildman–Crippen MR) is 88.2 cm³/mol. The van der Waals surface area contributed by atoms with Gasteiger partial charge in [0, 0.05) is 23.5 Å². The fourth-order valence-electron chi connectivity index (χ4n) is 2.63. The number of fused-ring (bicyclic) bond motifs is 1. The average molecular weight is 317 g/mol. The fraction of sp³-hybridized carbons (Fsp3) is 0.444. The second-order valence-electron chi connectivity index (χ2n) is 5.36. The number of H-pyrrole nitrogens is 1.